The molecule has 0 aliphatic rings. The first-order valence-corrected chi connectivity index (χ1v) is 6.52. The van der Waals surface area contributed by atoms with E-state index >= 15 is 0 Å². The second-order valence-electron chi connectivity index (χ2n) is 4.62. The summed E-state index contributed by atoms with van der Waals surface area (Å²) in [6.45, 7) is 1.37. The lowest BCUT2D eigenvalue weighted by Crippen LogP contribution is -2.07. The SMILES string of the molecule is COc1cc2c(cc1F)nc(N)n2CCCn1ccnn1. The number of hydrogen-bond acceptors (Lipinski definition) is 5. The van der Waals surface area contributed by atoms with Crippen LogP contribution >= 0.6 is 0 Å². The highest BCUT2D eigenvalue weighted by Crippen LogP contribution is 2.26. The average Bonchev–Trinajstić information content (AvgIpc) is 3.07. The van der Waals surface area contributed by atoms with Gasteiger partial charge in [-0.25, -0.2) is 9.37 Å². The van der Waals surface area contributed by atoms with Gasteiger partial charge < -0.3 is 15.0 Å². The van der Waals surface area contributed by atoms with E-state index < -0.39 is 5.82 Å². The molecule has 0 bridgehead atoms. The minimum absolute atomic E-state index is 0.180. The van der Waals surface area contributed by atoms with Crippen molar-refractivity contribution in [2.24, 2.45) is 0 Å². The normalized spacial score (nSPS) is 11.1. The van der Waals surface area contributed by atoms with Crippen LogP contribution < -0.4 is 10.5 Å². The molecule has 2 N–H and O–H groups in total. The van der Waals surface area contributed by atoms with Crippen LogP contribution in [0.15, 0.2) is 24.5 Å². The van der Waals surface area contributed by atoms with Gasteiger partial charge in [0.15, 0.2) is 11.6 Å². The number of halogens is 1. The number of aromatic nitrogens is 5. The van der Waals surface area contributed by atoms with E-state index in [0.717, 1.165) is 18.5 Å². The van der Waals surface area contributed by atoms with Crippen LogP contribution in [0.4, 0.5) is 10.3 Å². The molecule has 2 aromatic heterocycles. The molecule has 0 unspecified atom stereocenters. The number of rotatable bonds is 5. The summed E-state index contributed by atoms with van der Waals surface area (Å²) in [7, 11) is 1.43. The van der Waals surface area contributed by atoms with E-state index in [1.165, 1.54) is 13.2 Å². The first kappa shape index (κ1) is 13.3. The van der Waals surface area contributed by atoms with Crippen LogP contribution in [0.1, 0.15) is 6.42 Å². The van der Waals surface area contributed by atoms with Crippen LogP contribution in [0.3, 0.4) is 0 Å². The molecule has 0 fully saturated rings. The fraction of sp³-hybridized carbons (Fsp3) is 0.308. The first-order valence-electron chi connectivity index (χ1n) is 6.52. The maximum Gasteiger partial charge on any atom is 0.201 e. The summed E-state index contributed by atoms with van der Waals surface area (Å²) in [5, 5.41) is 7.65. The van der Waals surface area contributed by atoms with E-state index in [9.17, 15) is 4.39 Å². The van der Waals surface area contributed by atoms with Gasteiger partial charge >= 0.3 is 0 Å². The molecule has 2 heterocycles. The lowest BCUT2D eigenvalue weighted by molar-refractivity contribution is 0.387. The predicted molar refractivity (Wildman–Crippen MR) is 75.3 cm³/mol. The molecule has 1 aromatic carbocycles. The molecule has 0 amide bonds. The highest BCUT2D eigenvalue weighted by Gasteiger charge is 2.12. The molecule has 0 saturated carbocycles. The van der Waals surface area contributed by atoms with E-state index in [1.54, 1.807) is 23.1 Å². The molecule has 7 nitrogen and oxygen atoms in total. The van der Waals surface area contributed by atoms with Crippen molar-refractivity contribution in [2.75, 3.05) is 12.8 Å². The van der Waals surface area contributed by atoms with Crippen LogP contribution in [-0.2, 0) is 13.1 Å². The molecule has 0 aliphatic carbocycles. The number of hydrogen-bond donors (Lipinski definition) is 1. The fourth-order valence-electron chi connectivity index (χ4n) is 2.28. The maximum atomic E-state index is 13.7. The van der Waals surface area contributed by atoms with Gasteiger partial charge in [0.1, 0.15) is 0 Å². The summed E-state index contributed by atoms with van der Waals surface area (Å²) < 4.78 is 22.3. The highest BCUT2D eigenvalue weighted by atomic mass is 19.1. The summed E-state index contributed by atoms with van der Waals surface area (Å²) in [4.78, 5) is 4.18. The maximum absolute atomic E-state index is 13.7. The van der Waals surface area contributed by atoms with Gasteiger partial charge in [-0.2, -0.15) is 0 Å². The number of anilines is 1. The minimum atomic E-state index is -0.447. The van der Waals surface area contributed by atoms with Crippen LogP contribution in [0.25, 0.3) is 11.0 Å². The molecule has 0 atom stereocenters. The summed E-state index contributed by atoms with van der Waals surface area (Å²) in [6, 6.07) is 2.95. The van der Waals surface area contributed by atoms with E-state index in [2.05, 4.69) is 15.3 Å². The zero-order valence-electron chi connectivity index (χ0n) is 11.5. The monoisotopic (exact) mass is 290 g/mol. The van der Waals surface area contributed by atoms with E-state index in [4.69, 9.17) is 10.5 Å². The third kappa shape index (κ3) is 2.51. The lowest BCUT2D eigenvalue weighted by atomic mass is 10.2. The number of aryl methyl sites for hydroxylation is 2. The Morgan fingerprint density at radius 2 is 2.19 bits per heavy atom. The average molecular weight is 290 g/mol. The van der Waals surface area contributed by atoms with Crippen molar-refractivity contribution in [1.29, 1.82) is 0 Å². The van der Waals surface area contributed by atoms with Crippen molar-refractivity contribution in [1.82, 2.24) is 24.5 Å². The summed E-state index contributed by atoms with van der Waals surface area (Å²) in [5.74, 6) is 0.0911. The van der Waals surface area contributed by atoms with Gasteiger partial charge in [0.2, 0.25) is 5.95 Å². The zero-order chi connectivity index (χ0) is 14.8. The lowest BCUT2D eigenvalue weighted by Gasteiger charge is -2.07. The fourth-order valence-corrected chi connectivity index (χ4v) is 2.28. The zero-order valence-corrected chi connectivity index (χ0v) is 11.5. The molecule has 21 heavy (non-hydrogen) atoms. The van der Waals surface area contributed by atoms with Crippen LogP contribution in [0, 0.1) is 5.82 Å². The summed E-state index contributed by atoms with van der Waals surface area (Å²) >= 11 is 0. The Bertz CT molecular complexity index is 752. The van der Waals surface area contributed by atoms with Gasteiger partial charge in [-0.3, -0.25) is 4.68 Å². The Morgan fingerprint density at radius 1 is 1.33 bits per heavy atom. The molecular weight excluding hydrogens is 275 g/mol. The number of ether oxygens (including phenoxy) is 1. The van der Waals surface area contributed by atoms with Crippen molar-refractivity contribution >= 4 is 17.0 Å². The van der Waals surface area contributed by atoms with Crippen molar-refractivity contribution in [3.05, 3.63) is 30.3 Å². The van der Waals surface area contributed by atoms with Crippen molar-refractivity contribution in [3.63, 3.8) is 0 Å². The van der Waals surface area contributed by atoms with Crippen LogP contribution in [0.5, 0.6) is 5.75 Å². The Hall–Kier alpha value is -2.64. The summed E-state index contributed by atoms with van der Waals surface area (Å²) in [6.07, 6.45) is 4.24. The Balaban J connectivity index is 1.85. The van der Waals surface area contributed by atoms with Gasteiger partial charge in [-0.1, -0.05) is 5.21 Å². The van der Waals surface area contributed by atoms with Gasteiger partial charge in [0.05, 0.1) is 24.3 Å². The molecule has 110 valence electrons. The van der Waals surface area contributed by atoms with E-state index in [0.29, 0.717) is 18.0 Å². The molecule has 0 aliphatic heterocycles. The predicted octanol–water partition coefficient (Wildman–Crippen LogP) is 1.45. The third-order valence-electron chi connectivity index (χ3n) is 3.29. The molecular formula is C13H15FN6O. The highest BCUT2D eigenvalue weighted by molar-refractivity contribution is 5.80. The molecule has 3 rings (SSSR count). The van der Waals surface area contributed by atoms with Crippen molar-refractivity contribution in [3.8, 4) is 5.75 Å². The quantitative estimate of drug-likeness (QED) is 0.769. The minimum Gasteiger partial charge on any atom is -0.494 e. The van der Waals surface area contributed by atoms with Crippen molar-refractivity contribution in [2.45, 2.75) is 19.5 Å². The van der Waals surface area contributed by atoms with Crippen LogP contribution in [-0.4, -0.2) is 31.7 Å². The second kappa shape index (κ2) is 5.39. The number of nitrogens with zero attached hydrogens (tertiary/aromatic N) is 5. The molecule has 3 aromatic rings. The summed E-state index contributed by atoms with van der Waals surface area (Å²) in [5.41, 5.74) is 7.18. The second-order valence-corrected chi connectivity index (χ2v) is 4.62. The number of nitrogen functional groups attached to an aromatic ring is 1. The topological polar surface area (TPSA) is 83.8 Å². The third-order valence-corrected chi connectivity index (χ3v) is 3.29. The largest absolute Gasteiger partial charge is 0.494 e. The number of nitrogens with two attached hydrogens (primary N) is 1. The smallest absolute Gasteiger partial charge is 0.201 e. The Kier molecular flexibility index (Phi) is 3.43. The van der Waals surface area contributed by atoms with E-state index in [1.807, 2.05) is 4.57 Å². The number of benzene rings is 1. The number of fused-ring (bicyclic) bond motifs is 1. The first-order chi connectivity index (χ1) is 10.2. The van der Waals surface area contributed by atoms with E-state index in [-0.39, 0.29) is 5.75 Å². The molecule has 0 radical (unpaired) electrons. The standard InChI is InChI=1S/C13H15FN6O/c1-21-12-8-11-10(7-9(12)14)17-13(15)20(11)5-2-4-19-6-3-16-18-19/h3,6-8H,2,4-5H2,1H3,(H2,15,17). The van der Waals surface area contributed by atoms with Crippen molar-refractivity contribution < 1.29 is 9.13 Å². The Labute approximate surface area is 120 Å². The molecule has 0 spiro atoms. The Morgan fingerprint density at radius 3 is 2.90 bits per heavy atom. The van der Waals surface area contributed by atoms with Gasteiger partial charge in [-0.15, -0.1) is 5.10 Å². The number of methoxy groups -OCH3 is 1. The molecule has 0 saturated heterocycles. The van der Waals surface area contributed by atoms with Gasteiger partial charge in [0.25, 0.3) is 0 Å². The van der Waals surface area contributed by atoms with Gasteiger partial charge in [0, 0.05) is 31.4 Å². The van der Waals surface area contributed by atoms with Crippen LogP contribution in [0.2, 0.25) is 0 Å². The molecule has 8 heteroatoms. The number of imidazole rings is 1. The van der Waals surface area contributed by atoms with Gasteiger partial charge in [-0.05, 0) is 6.42 Å².